The molecule has 1 spiro atoms. The molecule has 2 aliphatic rings. The minimum absolute atomic E-state index is 0.0280. The van der Waals surface area contributed by atoms with Gasteiger partial charge in [0.2, 0.25) is 0 Å². The molecule has 1 aliphatic carbocycles. The molecule has 86 valence electrons. The fourth-order valence-electron chi connectivity index (χ4n) is 3.30. The Hall–Kier alpha value is -0.530. The smallest absolute Gasteiger partial charge is 0.306 e. The Morgan fingerprint density at radius 2 is 2.27 bits per heavy atom. The number of ether oxygens (including phenoxy) is 1. The van der Waals surface area contributed by atoms with Gasteiger partial charge >= 0.3 is 5.97 Å². The Kier molecular flexibility index (Phi) is 3.03. The van der Waals surface area contributed by atoms with Crippen LogP contribution in [0.3, 0.4) is 0 Å². The molecular weight excluding hydrogens is 188 g/mol. The Morgan fingerprint density at radius 3 is 2.87 bits per heavy atom. The van der Waals surface area contributed by atoms with Gasteiger partial charge in [-0.3, -0.25) is 4.79 Å². The van der Waals surface area contributed by atoms with E-state index in [1.165, 1.54) is 19.3 Å². The third kappa shape index (κ3) is 2.53. The summed E-state index contributed by atoms with van der Waals surface area (Å²) in [6, 6.07) is 0. The number of hydrogen-bond acceptors (Lipinski definition) is 2. The van der Waals surface area contributed by atoms with Crippen molar-refractivity contribution in [1.29, 1.82) is 0 Å². The van der Waals surface area contributed by atoms with Crippen LogP contribution in [0.4, 0.5) is 0 Å². The number of carbonyl (C=O) groups is 1. The van der Waals surface area contributed by atoms with E-state index < -0.39 is 0 Å². The van der Waals surface area contributed by atoms with Crippen LogP contribution in [0, 0.1) is 11.8 Å². The molecule has 1 saturated heterocycles. The van der Waals surface area contributed by atoms with Gasteiger partial charge in [-0.25, -0.2) is 0 Å². The summed E-state index contributed by atoms with van der Waals surface area (Å²) in [5, 5.41) is 0. The molecule has 2 heteroatoms. The second-order valence-corrected chi connectivity index (χ2v) is 5.75. The molecule has 0 N–H and O–H groups in total. The van der Waals surface area contributed by atoms with Crippen LogP contribution in [-0.2, 0) is 9.53 Å². The number of hydrogen-bond donors (Lipinski definition) is 0. The normalized spacial score (nSPS) is 36.2. The van der Waals surface area contributed by atoms with Crippen molar-refractivity contribution in [3.05, 3.63) is 0 Å². The first kappa shape index (κ1) is 11.0. The van der Waals surface area contributed by atoms with Crippen molar-refractivity contribution in [3.63, 3.8) is 0 Å². The summed E-state index contributed by atoms with van der Waals surface area (Å²) >= 11 is 0. The molecular formula is C13H22O2. The first-order chi connectivity index (χ1) is 7.10. The van der Waals surface area contributed by atoms with E-state index >= 15 is 0 Å². The van der Waals surface area contributed by atoms with Crippen LogP contribution in [0.2, 0.25) is 0 Å². The van der Waals surface area contributed by atoms with Crippen molar-refractivity contribution in [2.45, 2.75) is 64.4 Å². The molecule has 0 aromatic heterocycles. The van der Waals surface area contributed by atoms with E-state index in [2.05, 4.69) is 13.8 Å². The molecule has 0 aromatic rings. The van der Waals surface area contributed by atoms with Crippen molar-refractivity contribution in [3.8, 4) is 0 Å². The lowest BCUT2D eigenvalue weighted by Gasteiger charge is -2.37. The first-order valence-corrected chi connectivity index (χ1v) is 6.31. The minimum atomic E-state index is -0.0467. The predicted molar refractivity (Wildman–Crippen MR) is 59.5 cm³/mol. The Labute approximate surface area is 92.4 Å². The molecule has 2 nitrogen and oxygen atoms in total. The number of carbonyl (C=O) groups excluding carboxylic acids is 1. The zero-order valence-corrected chi connectivity index (χ0v) is 9.92. The summed E-state index contributed by atoms with van der Waals surface area (Å²) in [5.41, 5.74) is -0.0467. The van der Waals surface area contributed by atoms with Gasteiger partial charge in [-0.15, -0.1) is 0 Å². The van der Waals surface area contributed by atoms with Crippen molar-refractivity contribution in [2.24, 2.45) is 11.8 Å². The molecule has 15 heavy (non-hydrogen) atoms. The predicted octanol–water partition coefficient (Wildman–Crippen LogP) is 3.30. The van der Waals surface area contributed by atoms with E-state index in [4.69, 9.17) is 4.74 Å². The second-order valence-electron chi connectivity index (χ2n) is 5.75. The summed E-state index contributed by atoms with van der Waals surface area (Å²) < 4.78 is 5.56. The van der Waals surface area contributed by atoms with E-state index in [1.54, 1.807) is 0 Å². The standard InChI is InChI=1S/C13H22O2/c1-10(2)8-11-4-3-6-13(9-11)7-5-12(14)15-13/h10-11H,3-9H2,1-2H3. The monoisotopic (exact) mass is 210 g/mol. The Bertz CT molecular complexity index is 247. The topological polar surface area (TPSA) is 26.3 Å². The van der Waals surface area contributed by atoms with Gasteiger partial charge in [0.25, 0.3) is 0 Å². The van der Waals surface area contributed by atoms with Crippen molar-refractivity contribution >= 4 is 5.97 Å². The minimum Gasteiger partial charge on any atom is -0.459 e. The largest absolute Gasteiger partial charge is 0.459 e. The summed E-state index contributed by atoms with van der Waals surface area (Å²) in [5.74, 6) is 1.58. The average molecular weight is 210 g/mol. The SMILES string of the molecule is CC(C)CC1CCCC2(CCC(=O)O2)C1. The molecule has 2 atom stereocenters. The van der Waals surface area contributed by atoms with Crippen LogP contribution < -0.4 is 0 Å². The molecule has 0 radical (unpaired) electrons. The van der Waals surface area contributed by atoms with Crippen molar-refractivity contribution < 1.29 is 9.53 Å². The lowest BCUT2D eigenvalue weighted by atomic mass is 9.74. The van der Waals surface area contributed by atoms with Gasteiger partial charge in [-0.05, 0) is 43.9 Å². The zero-order chi connectivity index (χ0) is 10.9. The van der Waals surface area contributed by atoms with E-state index in [9.17, 15) is 4.79 Å². The lowest BCUT2D eigenvalue weighted by Crippen LogP contribution is -2.35. The van der Waals surface area contributed by atoms with Crippen LogP contribution in [0.25, 0.3) is 0 Å². The molecule has 0 amide bonds. The maximum absolute atomic E-state index is 11.2. The van der Waals surface area contributed by atoms with E-state index in [0.29, 0.717) is 6.42 Å². The molecule has 0 bridgehead atoms. The van der Waals surface area contributed by atoms with Crippen LogP contribution in [0.15, 0.2) is 0 Å². The number of rotatable bonds is 2. The van der Waals surface area contributed by atoms with Crippen molar-refractivity contribution in [2.75, 3.05) is 0 Å². The molecule has 0 aromatic carbocycles. The second kappa shape index (κ2) is 4.15. The molecule has 2 rings (SSSR count). The van der Waals surface area contributed by atoms with E-state index in [0.717, 1.165) is 31.1 Å². The van der Waals surface area contributed by atoms with Gasteiger partial charge < -0.3 is 4.74 Å². The maximum Gasteiger partial charge on any atom is 0.306 e. The van der Waals surface area contributed by atoms with Crippen LogP contribution in [-0.4, -0.2) is 11.6 Å². The fourth-order valence-corrected chi connectivity index (χ4v) is 3.30. The maximum atomic E-state index is 11.2. The lowest BCUT2D eigenvalue weighted by molar-refractivity contribution is -0.152. The molecule has 1 aliphatic heterocycles. The van der Waals surface area contributed by atoms with Gasteiger partial charge in [0, 0.05) is 6.42 Å². The Morgan fingerprint density at radius 1 is 1.47 bits per heavy atom. The fraction of sp³-hybridized carbons (Fsp3) is 0.923. The summed E-state index contributed by atoms with van der Waals surface area (Å²) in [7, 11) is 0. The molecule has 1 heterocycles. The van der Waals surface area contributed by atoms with Gasteiger partial charge in [0.05, 0.1) is 0 Å². The number of esters is 1. The van der Waals surface area contributed by atoms with Gasteiger partial charge in [-0.1, -0.05) is 20.3 Å². The Balaban J connectivity index is 1.94. The van der Waals surface area contributed by atoms with Crippen molar-refractivity contribution in [1.82, 2.24) is 0 Å². The zero-order valence-electron chi connectivity index (χ0n) is 9.92. The summed E-state index contributed by atoms with van der Waals surface area (Å²) in [6.07, 6.45) is 7.71. The highest BCUT2D eigenvalue weighted by molar-refractivity contribution is 5.72. The quantitative estimate of drug-likeness (QED) is 0.654. The average Bonchev–Trinajstić information content (AvgIpc) is 2.46. The molecule has 2 unspecified atom stereocenters. The van der Waals surface area contributed by atoms with Gasteiger partial charge in [-0.2, -0.15) is 0 Å². The summed E-state index contributed by atoms with van der Waals surface area (Å²) in [4.78, 5) is 11.2. The summed E-state index contributed by atoms with van der Waals surface area (Å²) in [6.45, 7) is 4.56. The van der Waals surface area contributed by atoms with Crippen LogP contribution in [0.5, 0.6) is 0 Å². The third-order valence-electron chi connectivity index (χ3n) is 3.83. The van der Waals surface area contributed by atoms with Gasteiger partial charge in [0.15, 0.2) is 0 Å². The third-order valence-corrected chi connectivity index (χ3v) is 3.83. The van der Waals surface area contributed by atoms with Crippen LogP contribution >= 0.6 is 0 Å². The molecule has 1 saturated carbocycles. The van der Waals surface area contributed by atoms with Gasteiger partial charge in [0.1, 0.15) is 5.60 Å². The highest BCUT2D eigenvalue weighted by Gasteiger charge is 2.43. The highest BCUT2D eigenvalue weighted by Crippen LogP contribution is 2.43. The van der Waals surface area contributed by atoms with E-state index in [-0.39, 0.29) is 11.6 Å². The highest BCUT2D eigenvalue weighted by atomic mass is 16.6. The molecule has 2 fully saturated rings. The van der Waals surface area contributed by atoms with Crippen LogP contribution in [0.1, 0.15) is 58.8 Å². The first-order valence-electron chi connectivity index (χ1n) is 6.31. The van der Waals surface area contributed by atoms with E-state index in [1.807, 2.05) is 0 Å².